The molecule has 0 fully saturated rings. The second-order valence-electron chi connectivity index (χ2n) is 5.49. The molecule has 0 radical (unpaired) electrons. The molecule has 0 saturated heterocycles. The van der Waals surface area contributed by atoms with Crippen molar-refractivity contribution in [2.24, 2.45) is 0 Å². The lowest BCUT2D eigenvalue weighted by Crippen LogP contribution is -2.22. The lowest BCUT2D eigenvalue weighted by Gasteiger charge is -2.29. The van der Waals surface area contributed by atoms with Crippen LogP contribution in [0.5, 0.6) is 0 Å². The van der Waals surface area contributed by atoms with E-state index in [1.807, 2.05) is 0 Å². The summed E-state index contributed by atoms with van der Waals surface area (Å²) in [6.45, 7) is 6.09. The second-order valence-corrected chi connectivity index (χ2v) is 5.49. The molecule has 1 aliphatic rings. The average molecular weight is 267 g/mol. The van der Waals surface area contributed by atoms with E-state index in [1.54, 1.807) is 0 Å². The van der Waals surface area contributed by atoms with Crippen LogP contribution < -0.4 is 5.32 Å². The van der Waals surface area contributed by atoms with E-state index >= 15 is 0 Å². The summed E-state index contributed by atoms with van der Waals surface area (Å²) in [5.41, 5.74) is 5.00. The van der Waals surface area contributed by atoms with E-state index < -0.39 is 0 Å². The van der Waals surface area contributed by atoms with Crippen LogP contribution in [-0.2, 0) is 13.0 Å². The Morgan fingerprint density at radius 2 is 2.10 bits per heavy atom. The lowest BCUT2D eigenvalue weighted by molar-refractivity contribution is 0.626. The van der Waals surface area contributed by atoms with Crippen LogP contribution in [0.1, 0.15) is 47.6 Å². The third kappa shape index (κ3) is 2.59. The Bertz CT molecular complexity index is 607. The van der Waals surface area contributed by atoms with Crippen molar-refractivity contribution in [3.05, 3.63) is 58.7 Å². The Kier molecular flexibility index (Phi) is 3.79. The Morgan fingerprint density at radius 1 is 1.25 bits per heavy atom. The Hall–Kier alpha value is -1.74. The summed E-state index contributed by atoms with van der Waals surface area (Å²) in [7, 11) is 0. The van der Waals surface area contributed by atoms with Crippen LogP contribution in [0.2, 0.25) is 0 Å². The van der Waals surface area contributed by atoms with Crippen molar-refractivity contribution >= 4 is 0 Å². The van der Waals surface area contributed by atoms with E-state index in [-0.39, 0.29) is 0 Å². The SMILES string of the molecule is CCCNCc1cc(C)nc(C2Cc3ccccc32)n1. The highest BCUT2D eigenvalue weighted by molar-refractivity contribution is 5.44. The molecule has 1 heterocycles. The van der Waals surface area contributed by atoms with Gasteiger partial charge >= 0.3 is 0 Å². The zero-order valence-corrected chi connectivity index (χ0v) is 12.2. The first-order valence-corrected chi connectivity index (χ1v) is 7.41. The number of aromatic nitrogens is 2. The largest absolute Gasteiger partial charge is 0.311 e. The molecular weight excluding hydrogens is 246 g/mol. The molecule has 3 rings (SSSR count). The molecular formula is C17H21N3. The number of hydrogen-bond acceptors (Lipinski definition) is 3. The quantitative estimate of drug-likeness (QED) is 0.846. The van der Waals surface area contributed by atoms with Crippen molar-refractivity contribution in [3.8, 4) is 0 Å². The number of fused-ring (bicyclic) bond motifs is 1. The van der Waals surface area contributed by atoms with Gasteiger partial charge in [0.1, 0.15) is 5.82 Å². The van der Waals surface area contributed by atoms with Gasteiger partial charge in [-0.2, -0.15) is 0 Å². The van der Waals surface area contributed by atoms with E-state index in [0.717, 1.165) is 43.1 Å². The van der Waals surface area contributed by atoms with Crippen molar-refractivity contribution in [3.63, 3.8) is 0 Å². The summed E-state index contributed by atoms with van der Waals surface area (Å²) in [5, 5.41) is 3.41. The fraction of sp³-hybridized carbons (Fsp3) is 0.412. The fourth-order valence-electron chi connectivity index (χ4n) is 2.79. The predicted molar refractivity (Wildman–Crippen MR) is 80.8 cm³/mol. The van der Waals surface area contributed by atoms with Crippen molar-refractivity contribution in [1.82, 2.24) is 15.3 Å². The van der Waals surface area contributed by atoms with Gasteiger partial charge in [-0.25, -0.2) is 9.97 Å². The van der Waals surface area contributed by atoms with Gasteiger partial charge in [0.2, 0.25) is 0 Å². The minimum atomic E-state index is 0.385. The van der Waals surface area contributed by atoms with Crippen molar-refractivity contribution in [2.45, 2.75) is 39.2 Å². The number of hydrogen-bond donors (Lipinski definition) is 1. The molecule has 1 N–H and O–H groups in total. The number of nitrogens with zero attached hydrogens (tertiary/aromatic N) is 2. The van der Waals surface area contributed by atoms with Crippen LogP contribution >= 0.6 is 0 Å². The number of aryl methyl sites for hydroxylation is 1. The molecule has 0 aliphatic heterocycles. The molecule has 0 bridgehead atoms. The van der Waals surface area contributed by atoms with Crippen LogP contribution in [0.4, 0.5) is 0 Å². The summed E-state index contributed by atoms with van der Waals surface area (Å²) >= 11 is 0. The molecule has 1 atom stereocenters. The highest BCUT2D eigenvalue weighted by atomic mass is 14.9. The maximum absolute atomic E-state index is 4.75. The molecule has 1 aromatic carbocycles. The normalized spacial score (nSPS) is 16.6. The summed E-state index contributed by atoms with van der Waals surface area (Å²) < 4.78 is 0. The molecule has 3 nitrogen and oxygen atoms in total. The molecule has 3 heteroatoms. The van der Waals surface area contributed by atoms with E-state index in [0.29, 0.717) is 5.92 Å². The minimum absolute atomic E-state index is 0.385. The van der Waals surface area contributed by atoms with E-state index in [1.165, 1.54) is 11.1 Å². The number of benzene rings is 1. The Balaban J connectivity index is 1.81. The van der Waals surface area contributed by atoms with Crippen LogP contribution in [0.25, 0.3) is 0 Å². The van der Waals surface area contributed by atoms with Gasteiger partial charge in [0.15, 0.2) is 0 Å². The Morgan fingerprint density at radius 3 is 2.90 bits per heavy atom. The van der Waals surface area contributed by atoms with Gasteiger partial charge in [0.05, 0.1) is 5.69 Å². The fourth-order valence-corrected chi connectivity index (χ4v) is 2.79. The van der Waals surface area contributed by atoms with Gasteiger partial charge in [-0.15, -0.1) is 0 Å². The maximum atomic E-state index is 4.75. The zero-order chi connectivity index (χ0) is 13.9. The predicted octanol–water partition coefficient (Wildman–Crippen LogP) is 2.97. The topological polar surface area (TPSA) is 37.8 Å². The molecule has 0 saturated carbocycles. The van der Waals surface area contributed by atoms with Crippen molar-refractivity contribution in [1.29, 1.82) is 0 Å². The minimum Gasteiger partial charge on any atom is -0.311 e. The second kappa shape index (κ2) is 5.71. The van der Waals surface area contributed by atoms with Gasteiger partial charge in [0, 0.05) is 18.2 Å². The van der Waals surface area contributed by atoms with Crippen LogP contribution in [0, 0.1) is 6.92 Å². The first-order valence-electron chi connectivity index (χ1n) is 7.41. The first kappa shape index (κ1) is 13.3. The summed E-state index contributed by atoms with van der Waals surface area (Å²) in [4.78, 5) is 9.40. The molecule has 20 heavy (non-hydrogen) atoms. The third-order valence-corrected chi connectivity index (χ3v) is 3.82. The summed E-state index contributed by atoms with van der Waals surface area (Å²) in [5.74, 6) is 1.37. The van der Waals surface area contributed by atoms with E-state index in [2.05, 4.69) is 54.5 Å². The van der Waals surface area contributed by atoms with Gasteiger partial charge in [-0.1, -0.05) is 31.2 Å². The molecule has 1 unspecified atom stereocenters. The van der Waals surface area contributed by atoms with Gasteiger partial charge < -0.3 is 5.32 Å². The number of rotatable bonds is 5. The van der Waals surface area contributed by atoms with Gasteiger partial charge in [0.25, 0.3) is 0 Å². The van der Waals surface area contributed by atoms with Crippen LogP contribution in [0.3, 0.4) is 0 Å². The van der Waals surface area contributed by atoms with Gasteiger partial charge in [-0.05, 0) is 43.5 Å². The summed E-state index contributed by atoms with van der Waals surface area (Å²) in [6.07, 6.45) is 2.22. The third-order valence-electron chi connectivity index (χ3n) is 3.82. The number of nitrogens with one attached hydrogen (secondary N) is 1. The van der Waals surface area contributed by atoms with E-state index in [9.17, 15) is 0 Å². The molecule has 2 aromatic rings. The molecule has 1 aromatic heterocycles. The maximum Gasteiger partial charge on any atom is 0.136 e. The zero-order valence-electron chi connectivity index (χ0n) is 12.2. The van der Waals surface area contributed by atoms with Crippen molar-refractivity contribution < 1.29 is 0 Å². The molecule has 0 spiro atoms. The highest BCUT2D eigenvalue weighted by Crippen LogP contribution is 2.38. The first-order chi connectivity index (χ1) is 9.78. The van der Waals surface area contributed by atoms with E-state index in [4.69, 9.17) is 4.98 Å². The van der Waals surface area contributed by atoms with Crippen molar-refractivity contribution in [2.75, 3.05) is 6.54 Å². The smallest absolute Gasteiger partial charge is 0.136 e. The highest BCUT2D eigenvalue weighted by Gasteiger charge is 2.29. The molecule has 0 amide bonds. The Labute approximate surface area is 120 Å². The van der Waals surface area contributed by atoms with Crippen LogP contribution in [0.15, 0.2) is 30.3 Å². The molecule has 1 aliphatic carbocycles. The summed E-state index contributed by atoms with van der Waals surface area (Å²) in [6, 6.07) is 10.7. The van der Waals surface area contributed by atoms with Crippen LogP contribution in [-0.4, -0.2) is 16.5 Å². The molecule has 104 valence electrons. The monoisotopic (exact) mass is 267 g/mol. The average Bonchev–Trinajstić information content (AvgIpc) is 2.40. The van der Waals surface area contributed by atoms with Gasteiger partial charge in [-0.3, -0.25) is 0 Å². The lowest BCUT2D eigenvalue weighted by atomic mass is 9.77. The standard InChI is InChI=1S/C17H21N3/c1-3-8-18-11-14-9-12(2)19-17(20-14)16-10-13-6-4-5-7-15(13)16/h4-7,9,16,18H,3,8,10-11H2,1-2H3.